The van der Waals surface area contributed by atoms with Gasteiger partial charge in [0, 0.05) is 43.0 Å². The Kier molecular flexibility index (Phi) is 17.3. The van der Waals surface area contributed by atoms with Crippen molar-refractivity contribution in [2.75, 3.05) is 31.5 Å². The van der Waals surface area contributed by atoms with Gasteiger partial charge in [0.2, 0.25) is 11.9 Å². The summed E-state index contributed by atoms with van der Waals surface area (Å²) in [7, 11) is 0. The lowest BCUT2D eigenvalue weighted by Crippen LogP contribution is -2.48. The van der Waals surface area contributed by atoms with Crippen molar-refractivity contribution in [1.82, 2.24) is 20.4 Å². The van der Waals surface area contributed by atoms with Crippen LogP contribution in [0.15, 0.2) is 57.1 Å². The van der Waals surface area contributed by atoms with Crippen LogP contribution in [-0.4, -0.2) is 101 Å². The van der Waals surface area contributed by atoms with Crippen molar-refractivity contribution >= 4 is 59.0 Å². The second-order valence-corrected chi connectivity index (χ2v) is 18.3. The van der Waals surface area contributed by atoms with Crippen molar-refractivity contribution < 1.29 is 51.7 Å². The summed E-state index contributed by atoms with van der Waals surface area (Å²) >= 11 is 0. The first kappa shape index (κ1) is 51.2. The second-order valence-electron chi connectivity index (χ2n) is 18.3. The standard InChI is InChI=1S/C43H58FN7O10.C2H6/c1-40(2,3)58-36(53)46-34(47-37(54)59-41(4,5)6)50-19-15-26(16-20-50)28-23-32(57-25-28)33(52)45-29-13-14-30(31(44)24-29)27-17-21-51(22-18-27)35(48-38(55)60-42(7,8)9)49-39(56)61-43(10,11)12;1-2/h13-15,17,23-25H,16,18-22H2,1-12H3,(H,45,52)(H,46,47,53,54)(H,48,49,55,56);1-2H3. The maximum Gasteiger partial charge on any atom is 0.437 e. The number of carbonyl (C=O) groups is 5. The third-order valence-electron chi connectivity index (χ3n) is 8.19. The molecule has 0 bridgehead atoms. The van der Waals surface area contributed by atoms with E-state index in [1.54, 1.807) is 117 Å². The molecule has 2 aliphatic heterocycles. The number of guanidine groups is 2. The summed E-state index contributed by atoms with van der Waals surface area (Å²) in [6.45, 7) is 25.5. The summed E-state index contributed by atoms with van der Waals surface area (Å²) < 4.78 is 42.5. The van der Waals surface area contributed by atoms with E-state index >= 15 is 4.39 Å². The van der Waals surface area contributed by atoms with Gasteiger partial charge in [-0.2, -0.15) is 0 Å². The average molecular weight is 882 g/mol. The van der Waals surface area contributed by atoms with Gasteiger partial charge in [0.1, 0.15) is 28.2 Å². The average Bonchev–Trinajstić information content (AvgIpc) is 3.63. The number of hydrogen-bond acceptors (Lipinski definition) is 10. The third kappa shape index (κ3) is 17.6. The van der Waals surface area contributed by atoms with Gasteiger partial charge in [-0.05, 0) is 131 Å². The molecule has 346 valence electrons. The zero-order chi connectivity index (χ0) is 47.5. The van der Waals surface area contributed by atoms with E-state index in [0.29, 0.717) is 36.1 Å². The zero-order valence-corrected chi connectivity index (χ0v) is 39.0. The van der Waals surface area contributed by atoms with Crippen LogP contribution in [0.2, 0.25) is 0 Å². The van der Waals surface area contributed by atoms with Crippen LogP contribution in [0.5, 0.6) is 0 Å². The normalized spacial score (nSPS) is 15.2. The number of anilines is 1. The molecular formula is C45H64FN7O10. The molecule has 0 radical (unpaired) electrons. The molecule has 63 heavy (non-hydrogen) atoms. The lowest BCUT2D eigenvalue weighted by molar-refractivity contribution is 0.0536. The number of hydrogen-bond donors (Lipinski definition) is 3. The molecule has 0 saturated heterocycles. The quantitative estimate of drug-likeness (QED) is 0.149. The maximum atomic E-state index is 15.6. The van der Waals surface area contributed by atoms with Crippen LogP contribution < -0.4 is 16.0 Å². The molecule has 1 aromatic carbocycles. The molecule has 5 amide bonds. The molecule has 2 aromatic rings. The number of aliphatic imine (C=N–C) groups is 2. The van der Waals surface area contributed by atoms with Crippen molar-refractivity contribution in [1.29, 1.82) is 0 Å². The van der Waals surface area contributed by atoms with Crippen LogP contribution in [-0.2, 0) is 18.9 Å². The van der Waals surface area contributed by atoms with Gasteiger partial charge in [0.25, 0.3) is 5.91 Å². The largest absolute Gasteiger partial charge is 0.459 e. The minimum Gasteiger partial charge on any atom is -0.459 e. The van der Waals surface area contributed by atoms with E-state index in [1.807, 2.05) is 19.9 Å². The monoisotopic (exact) mass is 881 g/mol. The number of furan rings is 1. The molecule has 18 heteroatoms. The fourth-order valence-corrected chi connectivity index (χ4v) is 5.79. The fourth-order valence-electron chi connectivity index (χ4n) is 5.79. The van der Waals surface area contributed by atoms with E-state index in [2.05, 4.69) is 25.9 Å². The number of nitrogens with one attached hydrogen (secondary N) is 3. The van der Waals surface area contributed by atoms with Crippen molar-refractivity contribution in [2.45, 2.75) is 132 Å². The highest BCUT2D eigenvalue weighted by Gasteiger charge is 2.28. The molecule has 2 aliphatic rings. The maximum absolute atomic E-state index is 15.6. The van der Waals surface area contributed by atoms with Crippen molar-refractivity contribution in [3.63, 3.8) is 0 Å². The molecule has 3 heterocycles. The Morgan fingerprint density at radius 2 is 1.10 bits per heavy atom. The Balaban J connectivity index is 0.00000520. The molecule has 4 rings (SSSR count). The molecule has 0 aliphatic carbocycles. The van der Waals surface area contributed by atoms with Gasteiger partial charge in [-0.15, -0.1) is 9.98 Å². The highest BCUT2D eigenvalue weighted by molar-refractivity contribution is 6.03. The number of amides is 5. The minimum absolute atomic E-state index is 0.000468. The van der Waals surface area contributed by atoms with Crippen LogP contribution >= 0.6 is 0 Å². The van der Waals surface area contributed by atoms with Crippen LogP contribution in [0.25, 0.3) is 11.1 Å². The lowest BCUT2D eigenvalue weighted by Gasteiger charge is -2.30. The highest BCUT2D eigenvalue weighted by atomic mass is 19.1. The van der Waals surface area contributed by atoms with Gasteiger partial charge in [-0.3, -0.25) is 15.4 Å². The topological polar surface area (TPSA) is 203 Å². The van der Waals surface area contributed by atoms with Gasteiger partial charge >= 0.3 is 24.4 Å². The van der Waals surface area contributed by atoms with E-state index in [1.165, 1.54) is 12.3 Å². The van der Waals surface area contributed by atoms with Gasteiger partial charge in [0.15, 0.2) is 5.76 Å². The van der Waals surface area contributed by atoms with E-state index in [-0.39, 0.29) is 43.0 Å². The van der Waals surface area contributed by atoms with Crippen molar-refractivity contribution in [3.05, 3.63) is 65.4 Å². The SMILES string of the molecule is CC.CC(C)(C)OC(=O)/N=C(/NC(=O)OC(C)(C)C)N1CC=C(c2coc(C(=O)Nc3ccc(C4=CCN(/C(=N\C(=O)OC(C)(C)C)NC(=O)OC(C)(C)C)CC4)c(F)c3)c2)CC1. The molecule has 0 unspecified atom stereocenters. The predicted molar refractivity (Wildman–Crippen MR) is 239 cm³/mol. The van der Waals surface area contributed by atoms with Crippen molar-refractivity contribution in [3.8, 4) is 0 Å². The van der Waals surface area contributed by atoms with E-state index in [9.17, 15) is 24.0 Å². The van der Waals surface area contributed by atoms with Gasteiger partial charge in [0.05, 0.1) is 6.26 Å². The molecule has 0 atom stereocenters. The Morgan fingerprint density at radius 3 is 1.49 bits per heavy atom. The first-order valence-corrected chi connectivity index (χ1v) is 20.8. The molecular weight excluding hydrogens is 818 g/mol. The number of ether oxygens (including phenoxy) is 4. The lowest BCUT2D eigenvalue weighted by atomic mass is 9.98. The number of nitrogens with zero attached hydrogens (tertiary/aromatic N) is 4. The summed E-state index contributed by atoms with van der Waals surface area (Å²) in [6.07, 6.45) is 2.50. The molecule has 0 fully saturated rings. The Bertz CT molecular complexity index is 2110. The van der Waals surface area contributed by atoms with Gasteiger partial charge in [-0.25, -0.2) is 23.6 Å². The zero-order valence-electron chi connectivity index (χ0n) is 39.0. The van der Waals surface area contributed by atoms with Crippen LogP contribution in [0, 0.1) is 5.82 Å². The van der Waals surface area contributed by atoms with E-state index in [0.717, 1.165) is 5.57 Å². The van der Waals surface area contributed by atoms with Crippen LogP contribution in [0.1, 0.15) is 131 Å². The van der Waals surface area contributed by atoms with Gasteiger partial charge < -0.3 is 38.5 Å². The Hall–Kier alpha value is -6.20. The summed E-state index contributed by atoms with van der Waals surface area (Å²) in [5.41, 5.74) is -0.479. The summed E-state index contributed by atoms with van der Waals surface area (Å²) in [5, 5.41) is 7.77. The number of carbonyl (C=O) groups excluding carboxylic acids is 5. The number of rotatable bonds is 4. The third-order valence-corrected chi connectivity index (χ3v) is 8.19. The number of alkyl carbamates (subject to hydrolysis) is 2. The first-order valence-electron chi connectivity index (χ1n) is 20.8. The van der Waals surface area contributed by atoms with Gasteiger partial charge in [-0.1, -0.05) is 26.0 Å². The first-order chi connectivity index (χ1) is 29.1. The van der Waals surface area contributed by atoms with E-state index < -0.39 is 58.5 Å². The molecule has 0 saturated carbocycles. The predicted octanol–water partition coefficient (Wildman–Crippen LogP) is 9.51. The van der Waals surface area contributed by atoms with E-state index in [4.69, 9.17) is 23.4 Å². The molecule has 3 N–H and O–H groups in total. The smallest absolute Gasteiger partial charge is 0.437 e. The molecule has 1 aromatic heterocycles. The minimum atomic E-state index is -0.894. The summed E-state index contributed by atoms with van der Waals surface area (Å²) in [5.74, 6) is -1.25. The summed E-state index contributed by atoms with van der Waals surface area (Å²) in [6, 6.07) is 5.93. The summed E-state index contributed by atoms with van der Waals surface area (Å²) in [4.78, 5) is 74.8. The Morgan fingerprint density at radius 1 is 0.651 bits per heavy atom. The number of benzene rings is 1. The van der Waals surface area contributed by atoms with Crippen molar-refractivity contribution in [2.24, 2.45) is 9.98 Å². The van der Waals surface area contributed by atoms with Crippen LogP contribution in [0.3, 0.4) is 0 Å². The van der Waals surface area contributed by atoms with Crippen LogP contribution in [0.4, 0.5) is 29.3 Å². The highest BCUT2D eigenvalue weighted by Crippen LogP contribution is 2.29. The number of halogens is 1. The second kappa shape index (κ2) is 21.3. The Labute approximate surface area is 369 Å². The fraction of sp³-hybridized carbons (Fsp3) is 0.533. The molecule has 0 spiro atoms. The molecule has 17 nitrogen and oxygen atoms in total.